The lowest BCUT2D eigenvalue weighted by atomic mass is 10.4. The zero-order valence-electron chi connectivity index (χ0n) is 8.89. The minimum Gasteiger partial charge on any atom is -0.410 e. The summed E-state index contributed by atoms with van der Waals surface area (Å²) in [6.07, 6.45) is 1.14. The van der Waals surface area contributed by atoms with E-state index in [2.05, 4.69) is 5.16 Å². The van der Waals surface area contributed by atoms with Crippen LogP contribution >= 0.6 is 7.60 Å². The van der Waals surface area contributed by atoms with Gasteiger partial charge in [0, 0.05) is 6.42 Å². The summed E-state index contributed by atoms with van der Waals surface area (Å²) in [6, 6.07) is 0. The van der Waals surface area contributed by atoms with Crippen molar-refractivity contribution in [3.8, 4) is 0 Å². The zero-order chi connectivity index (χ0) is 11.0. The van der Waals surface area contributed by atoms with Crippen molar-refractivity contribution in [1.82, 2.24) is 0 Å². The molecule has 0 aromatic carbocycles. The summed E-state index contributed by atoms with van der Waals surface area (Å²) in [5.41, 5.74) is 0.101. The monoisotopic (exact) mass is 223 g/mol. The maximum Gasteiger partial charge on any atom is 0.378 e. The van der Waals surface area contributed by atoms with Gasteiger partial charge in [-0.1, -0.05) is 18.5 Å². The molecule has 0 aromatic rings. The molecule has 0 saturated heterocycles. The Kier molecular flexibility index (Phi) is 6.79. The summed E-state index contributed by atoms with van der Waals surface area (Å²) >= 11 is 0. The third-order valence-electron chi connectivity index (χ3n) is 1.50. The highest BCUT2D eigenvalue weighted by atomic mass is 31.2. The highest BCUT2D eigenvalue weighted by Crippen LogP contribution is 2.50. The lowest BCUT2D eigenvalue weighted by Gasteiger charge is -2.17. The molecule has 5 nitrogen and oxygen atoms in total. The summed E-state index contributed by atoms with van der Waals surface area (Å²) in [5, 5.41) is 11.7. The number of rotatable bonds is 7. The highest BCUT2D eigenvalue weighted by Gasteiger charge is 2.31. The van der Waals surface area contributed by atoms with Gasteiger partial charge in [-0.3, -0.25) is 4.57 Å². The van der Waals surface area contributed by atoms with Crippen molar-refractivity contribution >= 4 is 13.0 Å². The van der Waals surface area contributed by atoms with Crippen LogP contribution in [0.4, 0.5) is 0 Å². The molecule has 0 spiro atoms. The van der Waals surface area contributed by atoms with Crippen LogP contribution in [0.1, 0.15) is 33.6 Å². The molecule has 0 bridgehead atoms. The molecule has 0 unspecified atom stereocenters. The maximum absolute atomic E-state index is 12.0. The van der Waals surface area contributed by atoms with Gasteiger partial charge < -0.3 is 14.3 Å². The van der Waals surface area contributed by atoms with Gasteiger partial charge in [0.1, 0.15) is 0 Å². The summed E-state index contributed by atoms with van der Waals surface area (Å²) in [7, 11) is -3.35. The van der Waals surface area contributed by atoms with Gasteiger partial charge in [-0.15, -0.1) is 0 Å². The van der Waals surface area contributed by atoms with E-state index >= 15 is 0 Å². The van der Waals surface area contributed by atoms with Gasteiger partial charge in [-0.25, -0.2) is 0 Å². The fourth-order valence-corrected chi connectivity index (χ4v) is 2.65. The lowest BCUT2D eigenvalue weighted by Crippen LogP contribution is -2.07. The fourth-order valence-electron chi connectivity index (χ4n) is 0.992. The molecule has 0 aliphatic carbocycles. The molecule has 0 atom stereocenters. The second-order valence-electron chi connectivity index (χ2n) is 2.60. The molecule has 0 rings (SSSR count). The van der Waals surface area contributed by atoms with Gasteiger partial charge in [-0.2, -0.15) is 0 Å². The summed E-state index contributed by atoms with van der Waals surface area (Å²) < 4.78 is 22.0. The van der Waals surface area contributed by atoms with Gasteiger partial charge in [-0.05, 0) is 13.8 Å². The average molecular weight is 223 g/mol. The van der Waals surface area contributed by atoms with Crippen LogP contribution in [0.25, 0.3) is 0 Å². The predicted octanol–water partition coefficient (Wildman–Crippen LogP) is 2.84. The van der Waals surface area contributed by atoms with Crippen molar-refractivity contribution in [3.63, 3.8) is 0 Å². The third kappa shape index (κ3) is 3.78. The van der Waals surface area contributed by atoms with Crippen molar-refractivity contribution in [3.05, 3.63) is 0 Å². The third-order valence-corrected chi connectivity index (χ3v) is 3.64. The van der Waals surface area contributed by atoms with Crippen LogP contribution in [-0.2, 0) is 13.6 Å². The van der Waals surface area contributed by atoms with Crippen molar-refractivity contribution < 1.29 is 18.8 Å². The largest absolute Gasteiger partial charge is 0.410 e. The Labute approximate surface area is 84.6 Å². The van der Waals surface area contributed by atoms with Gasteiger partial charge in [0.2, 0.25) is 0 Å². The maximum atomic E-state index is 12.0. The Morgan fingerprint density at radius 1 is 1.29 bits per heavy atom. The molecule has 0 radical (unpaired) electrons. The van der Waals surface area contributed by atoms with Gasteiger partial charge >= 0.3 is 7.60 Å². The van der Waals surface area contributed by atoms with E-state index in [1.807, 2.05) is 6.92 Å². The highest BCUT2D eigenvalue weighted by molar-refractivity contribution is 7.72. The quantitative estimate of drug-likeness (QED) is 0.312. The Morgan fingerprint density at radius 3 is 2.07 bits per heavy atom. The number of hydrogen-bond donors (Lipinski definition) is 1. The SMILES string of the molecule is CCC/C(=N/O)P(=O)(OCC)OCC. The molecule has 0 saturated carbocycles. The van der Waals surface area contributed by atoms with Crippen molar-refractivity contribution in [1.29, 1.82) is 0 Å². The fraction of sp³-hybridized carbons (Fsp3) is 0.875. The molecule has 14 heavy (non-hydrogen) atoms. The normalized spacial score (nSPS) is 13.2. The summed E-state index contributed by atoms with van der Waals surface area (Å²) in [5.74, 6) is 0. The van der Waals surface area contributed by atoms with Gasteiger partial charge in [0.05, 0.1) is 13.2 Å². The smallest absolute Gasteiger partial charge is 0.378 e. The van der Waals surface area contributed by atoms with E-state index in [0.717, 1.165) is 6.42 Å². The van der Waals surface area contributed by atoms with E-state index in [9.17, 15) is 4.57 Å². The van der Waals surface area contributed by atoms with Crippen molar-refractivity contribution in [2.75, 3.05) is 13.2 Å². The lowest BCUT2D eigenvalue weighted by molar-refractivity contribution is 0.229. The number of nitrogens with zero attached hydrogens (tertiary/aromatic N) is 1. The van der Waals surface area contributed by atoms with Crippen LogP contribution in [0.5, 0.6) is 0 Å². The topological polar surface area (TPSA) is 68.1 Å². The summed E-state index contributed by atoms with van der Waals surface area (Å²) in [6.45, 7) is 5.85. The Morgan fingerprint density at radius 2 is 1.79 bits per heavy atom. The van der Waals surface area contributed by atoms with Crippen LogP contribution < -0.4 is 0 Å². The first kappa shape index (κ1) is 13.6. The number of hydrogen-bond acceptors (Lipinski definition) is 5. The Bertz CT molecular complexity index is 219. The molecular formula is C8H18NO4P. The van der Waals surface area contributed by atoms with Crippen LogP contribution in [0.2, 0.25) is 0 Å². The molecular weight excluding hydrogens is 205 g/mol. The van der Waals surface area contributed by atoms with E-state index < -0.39 is 7.60 Å². The first-order chi connectivity index (χ1) is 6.64. The van der Waals surface area contributed by atoms with Gasteiger partial charge in [0.15, 0.2) is 5.45 Å². The van der Waals surface area contributed by atoms with E-state index in [1.54, 1.807) is 13.8 Å². The molecule has 0 aliphatic rings. The number of oxime groups is 1. The average Bonchev–Trinajstić information content (AvgIpc) is 2.14. The molecule has 0 aliphatic heterocycles. The molecule has 0 aromatic heterocycles. The molecule has 0 fully saturated rings. The minimum atomic E-state index is -3.35. The van der Waals surface area contributed by atoms with E-state index in [0.29, 0.717) is 6.42 Å². The predicted molar refractivity (Wildman–Crippen MR) is 55.0 cm³/mol. The Hall–Kier alpha value is -0.380. The Balaban J connectivity index is 4.68. The zero-order valence-corrected chi connectivity index (χ0v) is 9.79. The minimum absolute atomic E-state index is 0.101. The molecule has 84 valence electrons. The molecule has 6 heteroatoms. The molecule has 0 amide bonds. The molecule has 0 heterocycles. The van der Waals surface area contributed by atoms with Gasteiger partial charge in [0.25, 0.3) is 0 Å². The first-order valence-electron chi connectivity index (χ1n) is 4.75. The van der Waals surface area contributed by atoms with E-state index in [-0.39, 0.29) is 18.7 Å². The van der Waals surface area contributed by atoms with Crippen molar-refractivity contribution in [2.45, 2.75) is 33.6 Å². The first-order valence-corrected chi connectivity index (χ1v) is 6.29. The van der Waals surface area contributed by atoms with E-state index in [1.165, 1.54) is 0 Å². The summed E-state index contributed by atoms with van der Waals surface area (Å²) in [4.78, 5) is 0. The van der Waals surface area contributed by atoms with Crippen LogP contribution in [-0.4, -0.2) is 23.9 Å². The van der Waals surface area contributed by atoms with Crippen LogP contribution in [0, 0.1) is 0 Å². The standard InChI is InChI=1S/C8H18NO4P/c1-4-7-8(9-10)14(11,12-5-2)13-6-3/h10H,4-7H2,1-3H3/b9-8-. The van der Waals surface area contributed by atoms with E-state index in [4.69, 9.17) is 14.3 Å². The second-order valence-corrected chi connectivity index (χ2v) is 4.63. The second kappa shape index (κ2) is 6.98. The molecule has 1 N–H and O–H groups in total. The van der Waals surface area contributed by atoms with Crippen molar-refractivity contribution in [2.24, 2.45) is 5.16 Å². The van der Waals surface area contributed by atoms with Crippen LogP contribution in [0.15, 0.2) is 5.16 Å². The van der Waals surface area contributed by atoms with Crippen LogP contribution in [0.3, 0.4) is 0 Å².